The Labute approximate surface area is 181 Å². The lowest BCUT2D eigenvalue weighted by Crippen LogP contribution is -2.57. The van der Waals surface area contributed by atoms with Crippen molar-refractivity contribution in [1.82, 2.24) is 0 Å². The molecule has 4 fully saturated rings. The first kappa shape index (κ1) is 19.8. The number of benzene rings is 2. The van der Waals surface area contributed by atoms with Crippen LogP contribution in [0.25, 0.3) is 0 Å². The van der Waals surface area contributed by atoms with Crippen molar-refractivity contribution in [2.75, 3.05) is 5.32 Å². The topological polar surface area (TPSA) is 29.1 Å². The number of carbonyl (C=O) groups is 1. The van der Waals surface area contributed by atoms with E-state index in [1.807, 2.05) is 0 Å². The first-order chi connectivity index (χ1) is 14.2. The molecule has 6 rings (SSSR count). The molecule has 4 atom stereocenters. The highest BCUT2D eigenvalue weighted by molar-refractivity contribution is 5.95. The fraction of sp³-hybridized carbons (Fsp3) is 0.536. The molecule has 2 unspecified atom stereocenters. The maximum absolute atomic E-state index is 13.7. The van der Waals surface area contributed by atoms with Crippen LogP contribution in [0.2, 0.25) is 0 Å². The van der Waals surface area contributed by atoms with Crippen LogP contribution in [-0.4, -0.2) is 5.91 Å². The maximum Gasteiger partial charge on any atom is 0.230 e. The predicted octanol–water partition coefficient (Wildman–Crippen LogP) is 6.77. The largest absolute Gasteiger partial charge is 0.326 e. The molecule has 0 heterocycles. The van der Waals surface area contributed by atoms with E-state index < -0.39 is 0 Å². The van der Waals surface area contributed by atoms with Gasteiger partial charge in [-0.25, -0.2) is 0 Å². The molecule has 0 aromatic heterocycles. The summed E-state index contributed by atoms with van der Waals surface area (Å²) in [6.07, 6.45) is 7.01. The number of rotatable bonds is 3. The van der Waals surface area contributed by atoms with Crippen LogP contribution in [0.5, 0.6) is 0 Å². The van der Waals surface area contributed by atoms with Crippen LogP contribution in [0.3, 0.4) is 0 Å². The Morgan fingerprint density at radius 1 is 0.900 bits per heavy atom. The van der Waals surface area contributed by atoms with E-state index in [-0.39, 0.29) is 22.2 Å². The molecule has 4 aliphatic rings. The highest BCUT2D eigenvalue weighted by Gasteiger charge is 2.60. The third-order valence-electron chi connectivity index (χ3n) is 8.22. The van der Waals surface area contributed by atoms with Gasteiger partial charge in [0, 0.05) is 5.69 Å². The van der Waals surface area contributed by atoms with Gasteiger partial charge in [-0.2, -0.15) is 0 Å². The molecule has 4 aliphatic carbocycles. The van der Waals surface area contributed by atoms with Crippen molar-refractivity contribution < 1.29 is 4.79 Å². The highest BCUT2D eigenvalue weighted by Crippen LogP contribution is 2.66. The molecule has 0 spiro atoms. The monoisotopic (exact) mass is 401 g/mol. The summed E-state index contributed by atoms with van der Waals surface area (Å²) < 4.78 is 0. The smallest absolute Gasteiger partial charge is 0.230 e. The molecule has 1 N–H and O–H groups in total. The first-order valence-corrected chi connectivity index (χ1v) is 11.7. The van der Waals surface area contributed by atoms with E-state index in [1.54, 1.807) is 0 Å². The van der Waals surface area contributed by atoms with Gasteiger partial charge in [-0.3, -0.25) is 4.79 Å². The lowest BCUT2D eigenvalue weighted by Gasteiger charge is -2.61. The first-order valence-electron chi connectivity index (χ1n) is 11.7. The summed E-state index contributed by atoms with van der Waals surface area (Å²) in [7, 11) is 0. The molecule has 2 aromatic carbocycles. The van der Waals surface area contributed by atoms with Crippen molar-refractivity contribution in [3.8, 4) is 0 Å². The zero-order valence-corrected chi connectivity index (χ0v) is 18.9. The van der Waals surface area contributed by atoms with Gasteiger partial charge in [0.25, 0.3) is 0 Å². The van der Waals surface area contributed by atoms with Crippen LogP contribution in [0, 0.1) is 24.2 Å². The summed E-state index contributed by atoms with van der Waals surface area (Å²) in [6, 6.07) is 17.6. The second kappa shape index (κ2) is 6.70. The van der Waals surface area contributed by atoms with Crippen LogP contribution in [0.4, 0.5) is 5.69 Å². The summed E-state index contributed by atoms with van der Waals surface area (Å²) in [6.45, 7) is 8.82. The van der Waals surface area contributed by atoms with Gasteiger partial charge in [-0.1, -0.05) is 62.7 Å². The molecular formula is C28H35NO. The van der Waals surface area contributed by atoms with Gasteiger partial charge < -0.3 is 5.32 Å². The average molecular weight is 402 g/mol. The Morgan fingerprint density at radius 2 is 1.50 bits per heavy atom. The number of carbonyl (C=O) groups excluding carboxylic acids is 1. The minimum absolute atomic E-state index is 0.128. The molecule has 4 saturated carbocycles. The number of nitrogens with one attached hydrogen (secondary N) is 1. The minimum Gasteiger partial charge on any atom is -0.326 e. The second-order valence-corrected chi connectivity index (χ2v) is 11.7. The van der Waals surface area contributed by atoms with E-state index in [2.05, 4.69) is 81.5 Å². The van der Waals surface area contributed by atoms with Crippen LogP contribution in [0.1, 0.15) is 76.0 Å². The van der Waals surface area contributed by atoms with Crippen molar-refractivity contribution in [3.05, 3.63) is 65.2 Å². The van der Waals surface area contributed by atoms with Gasteiger partial charge in [-0.05, 0) is 91.4 Å². The third-order valence-corrected chi connectivity index (χ3v) is 8.22. The standard InChI is InChI=1S/C28H35NO/c1-19-5-7-23(8-6-19)27-14-20-13-21(15-27)17-28(16-20,18-27)25(30)29-24-11-9-22(10-12-24)26(2,3)4/h5-12,20-21H,13-18H2,1-4H3,(H,29,30)/t20-,21+,27?,28?. The Kier molecular flexibility index (Phi) is 4.44. The van der Waals surface area contributed by atoms with E-state index in [0.29, 0.717) is 11.8 Å². The number of hydrogen-bond acceptors (Lipinski definition) is 1. The Bertz CT molecular complexity index is 934. The van der Waals surface area contributed by atoms with Crippen LogP contribution in [0.15, 0.2) is 48.5 Å². The SMILES string of the molecule is Cc1ccc(C23C[C@@H]4C[C@@H](CC(C(=O)Nc5ccc(C(C)(C)C)cc5)(C4)C2)C3)cc1. The normalized spacial score (nSPS) is 32.3. The van der Waals surface area contributed by atoms with Gasteiger partial charge in [0.15, 0.2) is 0 Å². The van der Waals surface area contributed by atoms with E-state index in [0.717, 1.165) is 24.9 Å². The third kappa shape index (κ3) is 3.29. The summed E-state index contributed by atoms with van der Waals surface area (Å²) in [5.74, 6) is 1.65. The van der Waals surface area contributed by atoms with Crippen molar-refractivity contribution in [2.45, 2.75) is 77.0 Å². The van der Waals surface area contributed by atoms with Crippen LogP contribution in [-0.2, 0) is 15.6 Å². The summed E-state index contributed by atoms with van der Waals surface area (Å²) in [5.41, 5.74) is 5.15. The molecule has 1 amide bonds. The summed E-state index contributed by atoms with van der Waals surface area (Å²) >= 11 is 0. The number of amides is 1. The summed E-state index contributed by atoms with van der Waals surface area (Å²) in [5, 5.41) is 3.32. The molecule has 30 heavy (non-hydrogen) atoms. The lowest BCUT2D eigenvalue weighted by molar-refractivity contribution is -0.143. The number of anilines is 1. The van der Waals surface area contributed by atoms with Crippen LogP contribution < -0.4 is 5.32 Å². The van der Waals surface area contributed by atoms with Gasteiger partial charge in [0.2, 0.25) is 5.91 Å². The van der Waals surface area contributed by atoms with Gasteiger partial charge in [0.1, 0.15) is 0 Å². The predicted molar refractivity (Wildman–Crippen MR) is 124 cm³/mol. The van der Waals surface area contributed by atoms with Gasteiger partial charge in [0.05, 0.1) is 5.41 Å². The molecule has 2 nitrogen and oxygen atoms in total. The molecule has 0 saturated heterocycles. The van der Waals surface area contributed by atoms with Gasteiger partial charge in [-0.15, -0.1) is 0 Å². The second-order valence-electron chi connectivity index (χ2n) is 11.7. The molecular weight excluding hydrogens is 366 g/mol. The van der Waals surface area contributed by atoms with Crippen molar-refractivity contribution >= 4 is 11.6 Å². The molecule has 2 heteroatoms. The van der Waals surface area contributed by atoms with E-state index in [1.165, 1.54) is 36.0 Å². The molecule has 0 aliphatic heterocycles. The van der Waals surface area contributed by atoms with Crippen LogP contribution >= 0.6 is 0 Å². The van der Waals surface area contributed by atoms with Crippen molar-refractivity contribution in [1.29, 1.82) is 0 Å². The zero-order valence-electron chi connectivity index (χ0n) is 18.9. The quantitative estimate of drug-likeness (QED) is 0.604. The van der Waals surface area contributed by atoms with Gasteiger partial charge >= 0.3 is 0 Å². The fourth-order valence-corrected chi connectivity index (χ4v) is 7.09. The lowest BCUT2D eigenvalue weighted by atomic mass is 9.42. The number of aryl methyl sites for hydroxylation is 1. The van der Waals surface area contributed by atoms with E-state index in [9.17, 15) is 4.79 Å². The van der Waals surface area contributed by atoms with Crippen molar-refractivity contribution in [2.24, 2.45) is 17.3 Å². The molecule has 0 radical (unpaired) electrons. The Balaban J connectivity index is 1.41. The number of hydrogen-bond donors (Lipinski definition) is 1. The maximum atomic E-state index is 13.7. The Hall–Kier alpha value is -2.09. The summed E-state index contributed by atoms with van der Waals surface area (Å²) in [4.78, 5) is 13.7. The zero-order chi connectivity index (χ0) is 21.1. The van der Waals surface area contributed by atoms with Crippen molar-refractivity contribution in [3.63, 3.8) is 0 Å². The average Bonchev–Trinajstić information content (AvgIpc) is 2.67. The molecule has 4 bridgehead atoms. The minimum atomic E-state index is -0.197. The Morgan fingerprint density at radius 3 is 2.07 bits per heavy atom. The molecule has 158 valence electrons. The van der Waals surface area contributed by atoms with E-state index >= 15 is 0 Å². The van der Waals surface area contributed by atoms with E-state index in [4.69, 9.17) is 0 Å². The highest BCUT2D eigenvalue weighted by atomic mass is 16.2. The molecule has 2 aromatic rings. The fourth-order valence-electron chi connectivity index (χ4n) is 7.09.